The minimum absolute atomic E-state index is 0.0896. The summed E-state index contributed by atoms with van der Waals surface area (Å²) in [4.78, 5) is 17.6. The molecule has 0 unspecified atom stereocenters. The van der Waals surface area contributed by atoms with Crippen molar-refractivity contribution in [2.24, 2.45) is 0 Å². The molecule has 2 heterocycles. The number of rotatable bonds is 4. The van der Waals surface area contributed by atoms with Crippen LogP contribution in [0.5, 0.6) is 0 Å². The third kappa shape index (κ3) is 3.99. The second kappa shape index (κ2) is 8.25. The normalized spacial score (nSPS) is 15.0. The van der Waals surface area contributed by atoms with Crippen LogP contribution >= 0.6 is 11.6 Å². The predicted molar refractivity (Wildman–Crippen MR) is 127 cm³/mol. The lowest BCUT2D eigenvalue weighted by Crippen LogP contribution is -2.44. The Kier molecular flexibility index (Phi) is 5.30. The molecule has 0 saturated carbocycles. The second-order valence-corrected chi connectivity index (χ2v) is 8.53. The highest BCUT2D eigenvalue weighted by Crippen LogP contribution is 2.32. The smallest absolute Gasteiger partial charge is 0.228 e. The fraction of sp³-hybridized carbons (Fsp3) is 0.240. The van der Waals surface area contributed by atoms with Crippen LogP contribution in [0.2, 0.25) is 5.02 Å². The maximum atomic E-state index is 13.0. The van der Waals surface area contributed by atoms with Crippen LogP contribution in [0.3, 0.4) is 0 Å². The van der Waals surface area contributed by atoms with Gasteiger partial charge in [-0.05, 0) is 42.1 Å². The Bertz CT molecular complexity index is 1260. The van der Waals surface area contributed by atoms with Gasteiger partial charge in [0.25, 0.3) is 0 Å². The Hall–Kier alpha value is -3.02. The molecule has 5 nitrogen and oxygen atoms in total. The fourth-order valence-corrected chi connectivity index (χ4v) is 4.48. The zero-order valence-corrected chi connectivity index (χ0v) is 18.2. The number of hydrogen-bond acceptors (Lipinski definition) is 4. The van der Waals surface area contributed by atoms with E-state index in [1.165, 1.54) is 0 Å². The quantitative estimate of drug-likeness (QED) is 0.482. The molecule has 0 bridgehead atoms. The third-order valence-electron chi connectivity index (χ3n) is 5.97. The van der Waals surface area contributed by atoms with Gasteiger partial charge in [-0.15, -0.1) is 0 Å². The minimum atomic E-state index is -0.0896. The van der Waals surface area contributed by atoms with Crippen LogP contribution in [0.1, 0.15) is 5.56 Å². The summed E-state index contributed by atoms with van der Waals surface area (Å²) in [7, 11) is 2.13. The summed E-state index contributed by atoms with van der Waals surface area (Å²) in [5, 5.41) is 6.92. The molecule has 3 aromatic carbocycles. The summed E-state index contributed by atoms with van der Waals surface area (Å²) >= 11 is 6.26. The van der Waals surface area contributed by atoms with Crippen LogP contribution in [-0.2, 0) is 11.2 Å². The Balaban J connectivity index is 1.42. The van der Waals surface area contributed by atoms with E-state index < -0.39 is 0 Å². The van der Waals surface area contributed by atoms with Gasteiger partial charge in [0.05, 0.1) is 24.1 Å². The number of piperazine rings is 1. The highest BCUT2D eigenvalue weighted by molar-refractivity contribution is 6.31. The van der Waals surface area contributed by atoms with Crippen LogP contribution in [-0.4, -0.2) is 44.0 Å². The molecule has 0 radical (unpaired) electrons. The van der Waals surface area contributed by atoms with Gasteiger partial charge in [0.1, 0.15) is 5.58 Å². The Morgan fingerprint density at radius 1 is 1.06 bits per heavy atom. The fourth-order valence-electron chi connectivity index (χ4n) is 4.30. The van der Waals surface area contributed by atoms with Gasteiger partial charge in [-0.2, -0.15) is 0 Å². The summed E-state index contributed by atoms with van der Waals surface area (Å²) in [6.45, 7) is 3.81. The number of hydrogen-bond donors (Lipinski definition) is 1. The molecule has 1 saturated heterocycles. The van der Waals surface area contributed by atoms with Crippen molar-refractivity contribution in [3.8, 4) is 0 Å². The van der Waals surface area contributed by atoms with Crippen molar-refractivity contribution in [3.05, 3.63) is 71.4 Å². The van der Waals surface area contributed by atoms with Gasteiger partial charge in [0, 0.05) is 42.2 Å². The standard InChI is InChI=1S/C25H24ClN3O2/c1-28-10-12-29(13-11-28)22-8-7-19(26)15-21(22)27-24(30)14-18-16-31-23-9-6-17-4-2-3-5-20(17)25(18)23/h2-9,15-16H,10-14H2,1H3,(H,27,30). The largest absolute Gasteiger partial charge is 0.464 e. The first kappa shape index (κ1) is 19.9. The molecule has 0 spiro atoms. The van der Waals surface area contributed by atoms with Gasteiger partial charge in [0.15, 0.2) is 0 Å². The van der Waals surface area contributed by atoms with Crippen molar-refractivity contribution < 1.29 is 9.21 Å². The molecule has 1 aromatic heterocycles. The first-order valence-corrected chi connectivity index (χ1v) is 10.9. The van der Waals surface area contributed by atoms with Crippen LogP contribution in [0, 0.1) is 0 Å². The highest BCUT2D eigenvalue weighted by Gasteiger charge is 2.19. The summed E-state index contributed by atoms with van der Waals surface area (Å²) in [5.74, 6) is -0.0896. The van der Waals surface area contributed by atoms with E-state index >= 15 is 0 Å². The monoisotopic (exact) mass is 433 g/mol. The number of carbonyl (C=O) groups is 1. The number of nitrogens with zero attached hydrogens (tertiary/aromatic N) is 2. The predicted octanol–water partition coefficient (Wildman–Crippen LogP) is 5.17. The lowest BCUT2D eigenvalue weighted by molar-refractivity contribution is -0.115. The van der Waals surface area contributed by atoms with E-state index in [2.05, 4.69) is 34.3 Å². The van der Waals surface area contributed by atoms with Crippen molar-refractivity contribution in [3.63, 3.8) is 0 Å². The molecule has 0 aliphatic carbocycles. The molecule has 31 heavy (non-hydrogen) atoms. The average molecular weight is 434 g/mol. The summed E-state index contributed by atoms with van der Waals surface area (Å²) in [6.07, 6.45) is 1.92. The van der Waals surface area contributed by atoms with Crippen LogP contribution < -0.4 is 10.2 Å². The molecule has 1 aliphatic heterocycles. The SMILES string of the molecule is CN1CCN(c2ccc(Cl)cc2NC(=O)Cc2coc3ccc4ccccc4c23)CC1. The van der Waals surface area contributed by atoms with Gasteiger partial charge >= 0.3 is 0 Å². The van der Waals surface area contributed by atoms with Crippen molar-refractivity contribution in [1.29, 1.82) is 0 Å². The summed E-state index contributed by atoms with van der Waals surface area (Å²) in [6, 6.07) is 17.9. The number of anilines is 2. The molecule has 1 N–H and O–H groups in total. The maximum absolute atomic E-state index is 13.0. The van der Waals surface area contributed by atoms with Crippen molar-refractivity contribution in [2.45, 2.75) is 6.42 Å². The first-order chi connectivity index (χ1) is 15.1. The van der Waals surface area contributed by atoms with Crippen LogP contribution in [0.15, 0.2) is 65.3 Å². The van der Waals surface area contributed by atoms with Crippen LogP contribution in [0.25, 0.3) is 21.7 Å². The molecule has 6 heteroatoms. The van der Waals surface area contributed by atoms with Gasteiger partial charge in [-0.1, -0.05) is 41.9 Å². The Morgan fingerprint density at radius 2 is 1.87 bits per heavy atom. The highest BCUT2D eigenvalue weighted by atomic mass is 35.5. The van der Waals surface area contributed by atoms with Gasteiger partial charge in [-0.25, -0.2) is 0 Å². The molecule has 4 aromatic rings. The van der Waals surface area contributed by atoms with Crippen molar-refractivity contribution >= 4 is 50.6 Å². The van der Waals surface area contributed by atoms with Crippen molar-refractivity contribution in [2.75, 3.05) is 43.4 Å². The molecule has 158 valence electrons. The molecule has 1 amide bonds. The van der Waals surface area contributed by atoms with E-state index in [4.69, 9.17) is 16.0 Å². The molecular weight excluding hydrogens is 410 g/mol. The molecular formula is C25H24ClN3O2. The van der Waals surface area contributed by atoms with Gasteiger partial charge in [0.2, 0.25) is 5.91 Å². The lowest BCUT2D eigenvalue weighted by atomic mass is 10.0. The number of fused-ring (bicyclic) bond motifs is 3. The average Bonchev–Trinajstić information content (AvgIpc) is 3.18. The number of carbonyl (C=O) groups excluding carboxylic acids is 1. The van der Waals surface area contributed by atoms with Gasteiger partial charge < -0.3 is 19.5 Å². The lowest BCUT2D eigenvalue weighted by Gasteiger charge is -2.35. The Morgan fingerprint density at radius 3 is 2.71 bits per heavy atom. The zero-order chi connectivity index (χ0) is 21.4. The minimum Gasteiger partial charge on any atom is -0.464 e. The van der Waals surface area contributed by atoms with E-state index in [0.29, 0.717) is 5.02 Å². The number of halogens is 1. The van der Waals surface area contributed by atoms with Gasteiger partial charge in [-0.3, -0.25) is 4.79 Å². The van der Waals surface area contributed by atoms with E-state index in [1.54, 1.807) is 6.26 Å². The number of nitrogens with one attached hydrogen (secondary N) is 1. The summed E-state index contributed by atoms with van der Waals surface area (Å²) < 4.78 is 5.74. The molecule has 5 rings (SSSR count). The summed E-state index contributed by atoms with van der Waals surface area (Å²) in [5.41, 5.74) is 3.43. The van der Waals surface area contributed by atoms with Crippen molar-refractivity contribution in [1.82, 2.24) is 4.90 Å². The molecule has 1 aliphatic rings. The van der Waals surface area contributed by atoms with E-state index in [1.807, 2.05) is 42.5 Å². The Labute approximate surface area is 186 Å². The number of amides is 1. The zero-order valence-electron chi connectivity index (χ0n) is 17.4. The topological polar surface area (TPSA) is 48.7 Å². The molecule has 0 atom stereocenters. The second-order valence-electron chi connectivity index (χ2n) is 8.10. The van der Waals surface area contributed by atoms with Crippen LogP contribution in [0.4, 0.5) is 11.4 Å². The molecule has 1 fully saturated rings. The van der Waals surface area contributed by atoms with E-state index in [0.717, 1.165) is 64.9 Å². The third-order valence-corrected chi connectivity index (χ3v) is 6.20. The van der Waals surface area contributed by atoms with E-state index in [9.17, 15) is 4.79 Å². The first-order valence-electron chi connectivity index (χ1n) is 10.5. The number of likely N-dealkylation sites (N-methyl/N-ethyl adjacent to an activating group) is 1. The number of benzene rings is 3. The number of furan rings is 1. The maximum Gasteiger partial charge on any atom is 0.228 e. The van der Waals surface area contributed by atoms with E-state index in [-0.39, 0.29) is 12.3 Å².